The second-order valence-electron chi connectivity index (χ2n) is 3.17. The highest BCUT2D eigenvalue weighted by molar-refractivity contribution is 8.13. The highest BCUT2D eigenvalue weighted by Gasteiger charge is 2.35. The van der Waals surface area contributed by atoms with Gasteiger partial charge in [-0.1, -0.05) is 0 Å². The summed E-state index contributed by atoms with van der Waals surface area (Å²) in [5, 5.41) is 19.4. The monoisotopic (exact) mass is 346 g/mol. The van der Waals surface area contributed by atoms with Crippen LogP contribution in [0.1, 0.15) is 5.56 Å². The second-order valence-corrected chi connectivity index (χ2v) is 6.81. The van der Waals surface area contributed by atoms with Crippen LogP contribution in [-0.2, 0) is 9.05 Å². The molecule has 0 saturated carbocycles. The largest absolute Gasteiger partial charge is 0.446 e. The van der Waals surface area contributed by atoms with Gasteiger partial charge in [0.25, 0.3) is 14.7 Å². The van der Waals surface area contributed by atoms with Gasteiger partial charge >= 0.3 is 5.51 Å². The first-order chi connectivity index (χ1) is 8.95. The van der Waals surface area contributed by atoms with Crippen LogP contribution in [0.4, 0.5) is 18.9 Å². The van der Waals surface area contributed by atoms with Crippen molar-refractivity contribution in [2.45, 2.75) is 15.3 Å². The van der Waals surface area contributed by atoms with Crippen molar-refractivity contribution in [2.24, 2.45) is 0 Å². The molecule has 0 aliphatic carbocycles. The van der Waals surface area contributed by atoms with E-state index in [0.717, 1.165) is 0 Å². The van der Waals surface area contributed by atoms with E-state index in [0.29, 0.717) is 12.1 Å². The molecule has 0 amide bonds. The molecule has 0 aromatic heterocycles. The van der Waals surface area contributed by atoms with E-state index in [4.69, 9.17) is 15.9 Å². The Morgan fingerprint density at radius 3 is 2.30 bits per heavy atom. The summed E-state index contributed by atoms with van der Waals surface area (Å²) in [6.07, 6.45) is 0. The van der Waals surface area contributed by atoms with Gasteiger partial charge in [0.05, 0.1) is 15.4 Å². The molecule has 0 saturated heterocycles. The summed E-state index contributed by atoms with van der Waals surface area (Å²) >= 11 is -0.826. The summed E-state index contributed by atoms with van der Waals surface area (Å²) < 4.78 is 59.1. The quantitative estimate of drug-likeness (QED) is 0.361. The minimum absolute atomic E-state index is 0.328. The van der Waals surface area contributed by atoms with Gasteiger partial charge in [0.1, 0.15) is 11.0 Å². The Morgan fingerprint density at radius 2 is 1.95 bits per heavy atom. The number of nitro benzene ring substituents is 1. The van der Waals surface area contributed by atoms with Gasteiger partial charge < -0.3 is 0 Å². The van der Waals surface area contributed by atoms with Crippen LogP contribution < -0.4 is 0 Å². The number of benzene rings is 1. The molecular formula is C8H2ClF3N2O4S2. The number of nitrogens with zero attached hydrogens (tertiary/aromatic N) is 2. The van der Waals surface area contributed by atoms with E-state index in [1.54, 1.807) is 0 Å². The number of alkyl halides is 3. The van der Waals surface area contributed by atoms with Crippen molar-refractivity contribution >= 4 is 37.2 Å². The molecule has 0 heterocycles. The molecule has 0 atom stereocenters. The third-order valence-electron chi connectivity index (χ3n) is 1.87. The van der Waals surface area contributed by atoms with Crippen molar-refractivity contribution in [3.8, 4) is 6.07 Å². The maximum atomic E-state index is 12.3. The zero-order chi connectivity index (χ0) is 15.7. The van der Waals surface area contributed by atoms with Gasteiger partial charge in [-0.2, -0.15) is 18.4 Å². The molecule has 1 rings (SSSR count). The standard InChI is InChI=1S/C8H2ClF3N2O4S2/c9-20(17,18)7-2-5(14(15)16)6(1-4(7)3-13)19-8(10,11)12/h1-2H. The van der Waals surface area contributed by atoms with Crippen molar-refractivity contribution in [1.29, 1.82) is 5.26 Å². The molecule has 6 nitrogen and oxygen atoms in total. The van der Waals surface area contributed by atoms with Crippen molar-refractivity contribution in [3.05, 3.63) is 27.8 Å². The first-order valence-corrected chi connectivity index (χ1v) is 7.51. The molecule has 20 heavy (non-hydrogen) atoms. The van der Waals surface area contributed by atoms with Gasteiger partial charge in [0.15, 0.2) is 0 Å². The summed E-state index contributed by atoms with van der Waals surface area (Å²) in [5.74, 6) is 0. The zero-order valence-corrected chi connectivity index (χ0v) is 11.4. The van der Waals surface area contributed by atoms with Crippen LogP contribution in [0.3, 0.4) is 0 Å². The minimum Gasteiger partial charge on any atom is -0.258 e. The Bertz CT molecular complexity index is 712. The number of nitriles is 1. The highest BCUT2D eigenvalue weighted by atomic mass is 35.7. The SMILES string of the molecule is N#Cc1cc(SC(F)(F)F)c([N+](=O)[O-])cc1S(=O)(=O)Cl. The number of rotatable bonds is 3. The van der Waals surface area contributed by atoms with Gasteiger partial charge in [-0.25, -0.2) is 8.42 Å². The third kappa shape index (κ3) is 3.99. The Morgan fingerprint density at radius 1 is 1.40 bits per heavy atom. The lowest BCUT2D eigenvalue weighted by atomic mass is 10.2. The van der Waals surface area contributed by atoms with Crippen LogP contribution in [0.2, 0.25) is 0 Å². The summed E-state index contributed by atoms with van der Waals surface area (Å²) in [4.78, 5) is 7.68. The Balaban J connectivity index is 3.64. The molecule has 0 unspecified atom stereocenters. The van der Waals surface area contributed by atoms with Gasteiger partial charge in [0, 0.05) is 16.7 Å². The van der Waals surface area contributed by atoms with Crippen LogP contribution in [0.15, 0.2) is 21.9 Å². The van der Waals surface area contributed by atoms with E-state index in [-0.39, 0.29) is 0 Å². The average Bonchev–Trinajstić information content (AvgIpc) is 2.24. The maximum absolute atomic E-state index is 12.3. The molecule has 1 aromatic rings. The normalized spacial score (nSPS) is 11.9. The lowest BCUT2D eigenvalue weighted by molar-refractivity contribution is -0.388. The van der Waals surface area contributed by atoms with Crippen LogP contribution >= 0.6 is 22.4 Å². The fraction of sp³-hybridized carbons (Fsp3) is 0.125. The fourth-order valence-corrected chi connectivity index (χ4v) is 2.85. The van der Waals surface area contributed by atoms with E-state index in [2.05, 4.69) is 0 Å². The van der Waals surface area contributed by atoms with E-state index < -0.39 is 52.3 Å². The van der Waals surface area contributed by atoms with Crippen LogP contribution in [0.5, 0.6) is 0 Å². The molecule has 0 aliphatic rings. The average molecular weight is 347 g/mol. The van der Waals surface area contributed by atoms with E-state index in [1.807, 2.05) is 0 Å². The third-order valence-corrected chi connectivity index (χ3v) is 4.01. The number of hydrogen-bond acceptors (Lipinski definition) is 6. The number of hydrogen-bond donors (Lipinski definition) is 0. The molecule has 0 bridgehead atoms. The summed E-state index contributed by atoms with van der Waals surface area (Å²) in [6.45, 7) is 0. The van der Waals surface area contributed by atoms with Crippen LogP contribution in [0, 0.1) is 21.4 Å². The van der Waals surface area contributed by atoms with Crippen molar-refractivity contribution in [3.63, 3.8) is 0 Å². The van der Waals surface area contributed by atoms with Crippen molar-refractivity contribution in [2.75, 3.05) is 0 Å². The van der Waals surface area contributed by atoms with Crippen LogP contribution in [-0.4, -0.2) is 18.8 Å². The molecule has 0 aliphatic heterocycles. The highest BCUT2D eigenvalue weighted by Crippen LogP contribution is 2.43. The smallest absolute Gasteiger partial charge is 0.258 e. The fourth-order valence-electron chi connectivity index (χ4n) is 1.19. The molecule has 12 heteroatoms. The first kappa shape index (κ1) is 16.5. The second kappa shape index (κ2) is 5.47. The molecule has 108 valence electrons. The van der Waals surface area contributed by atoms with Crippen molar-refractivity contribution in [1.82, 2.24) is 0 Å². The van der Waals surface area contributed by atoms with Gasteiger partial charge in [0.2, 0.25) is 0 Å². The van der Waals surface area contributed by atoms with E-state index in [9.17, 15) is 31.7 Å². The zero-order valence-electron chi connectivity index (χ0n) is 9.01. The molecule has 1 aromatic carbocycles. The minimum atomic E-state index is -4.83. The summed E-state index contributed by atoms with van der Waals surface area (Å²) in [6, 6.07) is 2.12. The molecule has 0 N–H and O–H groups in total. The summed E-state index contributed by atoms with van der Waals surface area (Å²) in [7, 11) is 0.467. The molecule has 0 spiro atoms. The van der Waals surface area contributed by atoms with Gasteiger partial charge in [-0.3, -0.25) is 10.1 Å². The topological polar surface area (TPSA) is 101 Å². The predicted octanol–water partition coefficient (Wildman–Crippen LogP) is 3.01. The van der Waals surface area contributed by atoms with Crippen LogP contribution in [0.25, 0.3) is 0 Å². The summed E-state index contributed by atoms with van der Waals surface area (Å²) in [5.41, 5.74) is -6.65. The predicted molar refractivity (Wildman–Crippen MR) is 62.8 cm³/mol. The van der Waals surface area contributed by atoms with Crippen molar-refractivity contribution < 1.29 is 26.5 Å². The van der Waals surface area contributed by atoms with Gasteiger partial charge in [-0.05, 0) is 17.8 Å². The molecular weight excluding hydrogens is 345 g/mol. The lowest BCUT2D eigenvalue weighted by Crippen LogP contribution is -2.04. The Kier molecular flexibility index (Phi) is 4.52. The Labute approximate surface area is 118 Å². The molecule has 0 fully saturated rings. The number of thioether (sulfide) groups is 1. The number of nitro groups is 1. The first-order valence-electron chi connectivity index (χ1n) is 4.38. The van der Waals surface area contributed by atoms with E-state index >= 15 is 0 Å². The lowest BCUT2D eigenvalue weighted by Gasteiger charge is -2.08. The molecule has 0 radical (unpaired) electrons. The van der Waals surface area contributed by atoms with Gasteiger partial charge in [-0.15, -0.1) is 0 Å². The van der Waals surface area contributed by atoms with E-state index in [1.165, 1.54) is 6.07 Å². The number of halogens is 4. The Hall–Kier alpha value is -1.51. The maximum Gasteiger partial charge on any atom is 0.446 e.